The van der Waals surface area contributed by atoms with Crippen LogP contribution in [-0.2, 0) is 7.05 Å². The molecule has 0 bridgehead atoms. The van der Waals surface area contributed by atoms with Crippen LogP contribution in [0.4, 0.5) is 0 Å². The van der Waals surface area contributed by atoms with Crippen molar-refractivity contribution in [1.82, 2.24) is 19.9 Å². The van der Waals surface area contributed by atoms with Gasteiger partial charge in [-0.15, -0.1) is 5.10 Å². The zero-order valence-electron chi connectivity index (χ0n) is 9.37. The zero-order valence-corrected chi connectivity index (χ0v) is 9.37. The van der Waals surface area contributed by atoms with E-state index >= 15 is 0 Å². The van der Waals surface area contributed by atoms with E-state index in [-0.39, 0.29) is 12.0 Å². The molecule has 2 heterocycles. The summed E-state index contributed by atoms with van der Waals surface area (Å²) in [5.74, 6) is -0.0570. The predicted octanol–water partition coefficient (Wildman–Crippen LogP) is -0.215. The Morgan fingerprint density at radius 3 is 2.94 bits per heavy atom. The van der Waals surface area contributed by atoms with Crippen LogP contribution in [0.1, 0.15) is 10.4 Å². The smallest absolute Gasteiger partial charge is 0.254 e. The van der Waals surface area contributed by atoms with E-state index in [9.17, 15) is 9.90 Å². The maximum Gasteiger partial charge on any atom is 0.254 e. The lowest BCUT2D eigenvalue weighted by Gasteiger charge is -2.35. The van der Waals surface area contributed by atoms with Crippen LogP contribution in [0.2, 0.25) is 0 Å². The second-order valence-corrected chi connectivity index (χ2v) is 4.28. The highest BCUT2D eigenvalue weighted by molar-refractivity contribution is 5.97. The van der Waals surface area contributed by atoms with Crippen molar-refractivity contribution >= 4 is 16.9 Å². The van der Waals surface area contributed by atoms with Gasteiger partial charge in [-0.05, 0) is 18.2 Å². The van der Waals surface area contributed by atoms with Crippen molar-refractivity contribution < 1.29 is 9.90 Å². The summed E-state index contributed by atoms with van der Waals surface area (Å²) in [4.78, 5) is 13.6. The van der Waals surface area contributed by atoms with Crippen LogP contribution < -0.4 is 0 Å². The molecular weight excluding hydrogens is 220 g/mol. The molecule has 88 valence electrons. The van der Waals surface area contributed by atoms with E-state index in [1.54, 1.807) is 34.8 Å². The Morgan fingerprint density at radius 1 is 1.47 bits per heavy atom. The predicted molar refractivity (Wildman–Crippen MR) is 60.4 cm³/mol. The Bertz CT molecular complexity index is 586. The lowest BCUT2D eigenvalue weighted by Crippen LogP contribution is -2.53. The van der Waals surface area contributed by atoms with Crippen LogP contribution in [0, 0.1) is 0 Å². The van der Waals surface area contributed by atoms with Crippen molar-refractivity contribution in [3.8, 4) is 0 Å². The lowest BCUT2D eigenvalue weighted by atomic mass is 10.1. The second-order valence-electron chi connectivity index (χ2n) is 4.28. The van der Waals surface area contributed by atoms with Gasteiger partial charge in [-0.2, -0.15) is 0 Å². The second kappa shape index (κ2) is 3.53. The van der Waals surface area contributed by atoms with Crippen LogP contribution >= 0.6 is 0 Å². The molecule has 1 N–H and O–H groups in total. The number of carbonyl (C=O) groups is 1. The molecule has 17 heavy (non-hydrogen) atoms. The minimum Gasteiger partial charge on any atom is -0.389 e. The Labute approximate surface area is 97.4 Å². The fourth-order valence-corrected chi connectivity index (χ4v) is 1.97. The van der Waals surface area contributed by atoms with Crippen LogP contribution in [0.5, 0.6) is 0 Å². The van der Waals surface area contributed by atoms with Gasteiger partial charge in [-0.25, -0.2) is 4.68 Å². The Hall–Kier alpha value is -1.95. The van der Waals surface area contributed by atoms with E-state index in [1.165, 1.54) is 0 Å². The number of aliphatic hydroxyl groups excluding tert-OH is 1. The molecule has 1 aromatic carbocycles. The van der Waals surface area contributed by atoms with Crippen molar-refractivity contribution in [1.29, 1.82) is 0 Å². The van der Waals surface area contributed by atoms with Crippen molar-refractivity contribution in [3.63, 3.8) is 0 Å². The third-order valence-electron chi connectivity index (χ3n) is 3.01. The number of benzene rings is 1. The molecule has 0 atom stereocenters. The lowest BCUT2D eigenvalue weighted by molar-refractivity contribution is 0.00590. The monoisotopic (exact) mass is 232 g/mol. The van der Waals surface area contributed by atoms with Gasteiger partial charge in [0.15, 0.2) is 0 Å². The Balaban J connectivity index is 1.94. The van der Waals surface area contributed by atoms with E-state index in [2.05, 4.69) is 10.3 Å². The normalized spacial score (nSPS) is 16.2. The molecule has 6 heteroatoms. The maximum atomic E-state index is 12.0. The SMILES string of the molecule is Cn1nnc2ccc(C(=O)N3CC(O)C3)cc21. The zero-order chi connectivity index (χ0) is 12.0. The first kappa shape index (κ1) is 10.2. The van der Waals surface area contributed by atoms with Crippen molar-refractivity contribution in [3.05, 3.63) is 23.8 Å². The quantitative estimate of drug-likeness (QED) is 0.738. The van der Waals surface area contributed by atoms with E-state index in [0.29, 0.717) is 18.7 Å². The number of aromatic nitrogens is 3. The van der Waals surface area contributed by atoms with E-state index in [0.717, 1.165) is 11.0 Å². The summed E-state index contributed by atoms with van der Waals surface area (Å²) in [7, 11) is 1.79. The number of hydrogen-bond acceptors (Lipinski definition) is 4. The molecule has 3 rings (SSSR count). The number of likely N-dealkylation sites (tertiary alicyclic amines) is 1. The third-order valence-corrected chi connectivity index (χ3v) is 3.01. The van der Waals surface area contributed by atoms with E-state index in [1.807, 2.05) is 0 Å². The number of β-amino-alcohol motifs (C(OH)–C–C–N with tert-alkyl or cyclic N) is 1. The molecule has 1 aliphatic heterocycles. The van der Waals surface area contributed by atoms with Gasteiger partial charge in [-0.1, -0.05) is 5.21 Å². The molecule has 1 aliphatic rings. The number of amides is 1. The molecular formula is C11H12N4O2. The first-order valence-corrected chi connectivity index (χ1v) is 5.42. The summed E-state index contributed by atoms with van der Waals surface area (Å²) in [5, 5.41) is 17.0. The summed E-state index contributed by atoms with van der Waals surface area (Å²) in [6.07, 6.45) is -0.374. The summed E-state index contributed by atoms with van der Waals surface area (Å²) < 4.78 is 1.64. The van der Waals surface area contributed by atoms with Crippen molar-refractivity contribution in [2.24, 2.45) is 7.05 Å². The summed E-state index contributed by atoms with van der Waals surface area (Å²) in [6.45, 7) is 0.834. The molecule has 0 aliphatic carbocycles. The van der Waals surface area contributed by atoms with Gasteiger partial charge in [-0.3, -0.25) is 4.79 Å². The Morgan fingerprint density at radius 2 is 2.24 bits per heavy atom. The maximum absolute atomic E-state index is 12.0. The molecule has 1 amide bonds. The van der Waals surface area contributed by atoms with E-state index in [4.69, 9.17) is 0 Å². The van der Waals surface area contributed by atoms with Gasteiger partial charge in [0.05, 0.1) is 11.6 Å². The average Bonchev–Trinajstić information content (AvgIpc) is 2.66. The van der Waals surface area contributed by atoms with Crippen LogP contribution in [-0.4, -0.2) is 50.1 Å². The molecule has 0 radical (unpaired) electrons. The highest BCUT2D eigenvalue weighted by Crippen LogP contribution is 2.17. The number of fused-ring (bicyclic) bond motifs is 1. The number of aryl methyl sites for hydroxylation is 1. The van der Waals surface area contributed by atoms with E-state index < -0.39 is 0 Å². The molecule has 0 saturated carbocycles. The highest BCUT2D eigenvalue weighted by atomic mass is 16.3. The number of aliphatic hydroxyl groups is 1. The Kier molecular flexibility index (Phi) is 2.12. The fraction of sp³-hybridized carbons (Fsp3) is 0.364. The standard InChI is InChI=1S/C11H12N4O2/c1-14-10-4-7(2-3-9(10)12-13-14)11(17)15-5-8(16)6-15/h2-4,8,16H,5-6H2,1H3. The minimum atomic E-state index is -0.374. The summed E-state index contributed by atoms with van der Waals surface area (Å²) >= 11 is 0. The number of carbonyl (C=O) groups excluding carboxylic acids is 1. The molecule has 1 fully saturated rings. The highest BCUT2D eigenvalue weighted by Gasteiger charge is 2.29. The third kappa shape index (κ3) is 1.57. The number of nitrogens with zero attached hydrogens (tertiary/aromatic N) is 4. The van der Waals surface area contributed by atoms with Crippen molar-refractivity contribution in [2.75, 3.05) is 13.1 Å². The van der Waals surface area contributed by atoms with Gasteiger partial charge in [0, 0.05) is 25.7 Å². The summed E-state index contributed by atoms with van der Waals surface area (Å²) in [5.41, 5.74) is 2.21. The topological polar surface area (TPSA) is 71.2 Å². The fourth-order valence-electron chi connectivity index (χ4n) is 1.97. The van der Waals surface area contributed by atoms with Gasteiger partial charge >= 0.3 is 0 Å². The molecule has 1 saturated heterocycles. The number of hydrogen-bond donors (Lipinski definition) is 1. The average molecular weight is 232 g/mol. The van der Waals surface area contributed by atoms with Crippen LogP contribution in [0.3, 0.4) is 0 Å². The minimum absolute atomic E-state index is 0.0570. The molecule has 0 spiro atoms. The van der Waals surface area contributed by atoms with Crippen LogP contribution in [0.25, 0.3) is 11.0 Å². The van der Waals surface area contributed by atoms with Gasteiger partial charge in [0.1, 0.15) is 5.52 Å². The first-order chi connectivity index (χ1) is 8.15. The summed E-state index contributed by atoms with van der Waals surface area (Å²) in [6, 6.07) is 5.30. The first-order valence-electron chi connectivity index (χ1n) is 5.42. The number of rotatable bonds is 1. The van der Waals surface area contributed by atoms with Gasteiger partial charge < -0.3 is 10.0 Å². The molecule has 1 aromatic heterocycles. The molecule has 0 unspecified atom stereocenters. The molecule has 6 nitrogen and oxygen atoms in total. The van der Waals surface area contributed by atoms with Crippen molar-refractivity contribution in [2.45, 2.75) is 6.10 Å². The molecule has 2 aromatic rings. The van der Waals surface area contributed by atoms with Gasteiger partial charge in [0.25, 0.3) is 5.91 Å². The van der Waals surface area contributed by atoms with Gasteiger partial charge in [0.2, 0.25) is 0 Å². The largest absolute Gasteiger partial charge is 0.389 e. The van der Waals surface area contributed by atoms with Crippen LogP contribution in [0.15, 0.2) is 18.2 Å².